The third-order valence-corrected chi connectivity index (χ3v) is 3.31. The topological polar surface area (TPSA) is 79.2 Å². The van der Waals surface area contributed by atoms with Crippen LogP contribution in [0.1, 0.15) is 13.3 Å². The maximum Gasteiger partial charge on any atom is 0.227 e. The Balaban J connectivity index is 3.68. The van der Waals surface area contributed by atoms with Crippen molar-refractivity contribution in [2.24, 2.45) is 0 Å². The van der Waals surface area contributed by atoms with E-state index < -0.39 is 15.3 Å². The summed E-state index contributed by atoms with van der Waals surface area (Å²) in [5.41, 5.74) is 0. The molecular formula is C9H16N2O3S. The van der Waals surface area contributed by atoms with Gasteiger partial charge >= 0.3 is 0 Å². The van der Waals surface area contributed by atoms with Crippen molar-refractivity contribution in [2.75, 3.05) is 19.8 Å². The molecule has 6 heteroatoms. The lowest BCUT2D eigenvalue weighted by Crippen LogP contribution is -2.34. The minimum absolute atomic E-state index is 0.186. The van der Waals surface area contributed by atoms with E-state index in [0.29, 0.717) is 13.2 Å². The molecule has 1 N–H and O–H groups in total. The monoisotopic (exact) mass is 232 g/mol. The van der Waals surface area contributed by atoms with Crippen molar-refractivity contribution >= 4 is 10.0 Å². The molecule has 0 aliphatic rings. The molecule has 0 aromatic rings. The van der Waals surface area contributed by atoms with Gasteiger partial charge in [0.15, 0.2) is 5.25 Å². The smallest absolute Gasteiger partial charge is 0.227 e. The maximum atomic E-state index is 11.2. The van der Waals surface area contributed by atoms with Gasteiger partial charge in [-0.3, -0.25) is 0 Å². The number of hydrogen-bond acceptors (Lipinski definition) is 4. The van der Waals surface area contributed by atoms with Gasteiger partial charge < -0.3 is 4.74 Å². The Bertz CT molecular complexity index is 319. The van der Waals surface area contributed by atoms with Gasteiger partial charge in [0, 0.05) is 6.54 Å². The number of nitrogens with one attached hydrogen (secondary N) is 1. The third kappa shape index (κ3) is 6.23. The summed E-state index contributed by atoms with van der Waals surface area (Å²) in [6.45, 7) is 5.87. The molecule has 0 radical (unpaired) electrons. The second kappa shape index (κ2) is 7.40. The van der Waals surface area contributed by atoms with Gasteiger partial charge in [0.05, 0.1) is 19.3 Å². The fraction of sp³-hybridized carbons (Fsp3) is 0.667. The summed E-state index contributed by atoms with van der Waals surface area (Å²) in [5, 5.41) is 7.40. The molecule has 86 valence electrons. The first-order valence-corrected chi connectivity index (χ1v) is 6.16. The van der Waals surface area contributed by atoms with E-state index in [0.717, 1.165) is 6.42 Å². The highest BCUT2D eigenvalue weighted by Gasteiger charge is 2.18. The van der Waals surface area contributed by atoms with Crippen LogP contribution in [0.5, 0.6) is 0 Å². The number of rotatable bonds is 8. The SMILES string of the molecule is C=CCCOCCNS(=O)(=O)C(C)C#N. The standard InChI is InChI=1S/C9H16N2O3S/c1-3-4-6-14-7-5-11-15(12,13)9(2)8-10/h3,9,11H,1,4-7H2,2H3. The molecular weight excluding hydrogens is 216 g/mol. The second-order valence-electron chi connectivity index (χ2n) is 2.90. The van der Waals surface area contributed by atoms with Crippen LogP contribution in [0, 0.1) is 11.3 Å². The van der Waals surface area contributed by atoms with E-state index in [4.69, 9.17) is 10.00 Å². The van der Waals surface area contributed by atoms with Crippen molar-refractivity contribution in [1.82, 2.24) is 4.72 Å². The first-order valence-electron chi connectivity index (χ1n) is 4.61. The molecule has 15 heavy (non-hydrogen) atoms. The predicted octanol–water partition coefficient (Wildman–Crippen LogP) is 0.411. The summed E-state index contributed by atoms with van der Waals surface area (Å²) >= 11 is 0. The Morgan fingerprint density at radius 1 is 1.60 bits per heavy atom. The average Bonchev–Trinajstić information content (AvgIpc) is 2.22. The van der Waals surface area contributed by atoms with E-state index in [1.54, 1.807) is 12.1 Å². The summed E-state index contributed by atoms with van der Waals surface area (Å²) in [6, 6.07) is 1.66. The largest absolute Gasteiger partial charge is 0.380 e. The lowest BCUT2D eigenvalue weighted by molar-refractivity contribution is 0.144. The van der Waals surface area contributed by atoms with Crippen LogP contribution in [0.15, 0.2) is 12.7 Å². The minimum atomic E-state index is -3.51. The van der Waals surface area contributed by atoms with Crippen LogP contribution in [0.3, 0.4) is 0 Å². The average molecular weight is 232 g/mol. The van der Waals surface area contributed by atoms with Gasteiger partial charge in [0.1, 0.15) is 0 Å². The van der Waals surface area contributed by atoms with E-state index in [1.807, 2.05) is 0 Å². The molecule has 1 unspecified atom stereocenters. The minimum Gasteiger partial charge on any atom is -0.380 e. The van der Waals surface area contributed by atoms with Crippen LogP contribution in [0.2, 0.25) is 0 Å². The van der Waals surface area contributed by atoms with Gasteiger partial charge in [-0.2, -0.15) is 5.26 Å². The van der Waals surface area contributed by atoms with Gasteiger partial charge in [-0.1, -0.05) is 6.08 Å². The van der Waals surface area contributed by atoms with Gasteiger partial charge in [0.2, 0.25) is 10.0 Å². The van der Waals surface area contributed by atoms with Crippen LogP contribution in [0.4, 0.5) is 0 Å². The lowest BCUT2D eigenvalue weighted by atomic mass is 10.5. The Hall–Kier alpha value is -0.900. The van der Waals surface area contributed by atoms with E-state index in [-0.39, 0.29) is 6.54 Å². The predicted molar refractivity (Wildman–Crippen MR) is 57.6 cm³/mol. The van der Waals surface area contributed by atoms with Crippen LogP contribution in [-0.4, -0.2) is 33.4 Å². The van der Waals surface area contributed by atoms with Crippen molar-refractivity contribution in [3.05, 3.63) is 12.7 Å². The van der Waals surface area contributed by atoms with Crippen molar-refractivity contribution in [1.29, 1.82) is 5.26 Å². The molecule has 0 heterocycles. The Labute approximate surface area is 90.8 Å². The quantitative estimate of drug-likeness (QED) is 0.485. The Morgan fingerprint density at radius 3 is 2.80 bits per heavy atom. The molecule has 0 aliphatic carbocycles. The third-order valence-electron chi connectivity index (χ3n) is 1.66. The maximum absolute atomic E-state index is 11.2. The molecule has 0 saturated heterocycles. The summed E-state index contributed by atoms with van der Waals surface area (Å²) in [4.78, 5) is 0. The Morgan fingerprint density at radius 2 is 2.27 bits per heavy atom. The highest BCUT2D eigenvalue weighted by Crippen LogP contribution is 1.95. The summed E-state index contributed by atoms with van der Waals surface area (Å²) < 4.78 is 29.9. The van der Waals surface area contributed by atoms with Crippen molar-refractivity contribution in [3.8, 4) is 6.07 Å². The molecule has 0 rings (SSSR count). The highest BCUT2D eigenvalue weighted by molar-refractivity contribution is 7.90. The van der Waals surface area contributed by atoms with Gasteiger partial charge in [-0.05, 0) is 13.3 Å². The number of sulfonamides is 1. The molecule has 0 amide bonds. The number of hydrogen-bond donors (Lipinski definition) is 1. The van der Waals surface area contributed by atoms with E-state index in [9.17, 15) is 8.42 Å². The normalized spacial score (nSPS) is 13.1. The lowest BCUT2D eigenvalue weighted by Gasteiger charge is -2.07. The number of nitriles is 1. The molecule has 0 aromatic heterocycles. The summed E-state index contributed by atoms with van der Waals surface area (Å²) in [7, 11) is -3.51. The molecule has 0 bridgehead atoms. The van der Waals surface area contributed by atoms with Gasteiger partial charge in [-0.15, -0.1) is 6.58 Å². The molecule has 0 aromatic carbocycles. The molecule has 0 aliphatic heterocycles. The van der Waals surface area contributed by atoms with Crippen molar-refractivity contribution < 1.29 is 13.2 Å². The first kappa shape index (κ1) is 14.1. The van der Waals surface area contributed by atoms with E-state index >= 15 is 0 Å². The highest BCUT2D eigenvalue weighted by atomic mass is 32.2. The van der Waals surface area contributed by atoms with Crippen LogP contribution >= 0.6 is 0 Å². The zero-order valence-corrected chi connectivity index (χ0v) is 9.59. The zero-order chi connectivity index (χ0) is 11.7. The summed E-state index contributed by atoms with van der Waals surface area (Å²) in [6.07, 6.45) is 2.46. The van der Waals surface area contributed by atoms with Crippen molar-refractivity contribution in [3.63, 3.8) is 0 Å². The molecule has 1 atom stereocenters. The molecule has 0 saturated carbocycles. The van der Waals surface area contributed by atoms with Crippen molar-refractivity contribution in [2.45, 2.75) is 18.6 Å². The second-order valence-corrected chi connectivity index (χ2v) is 4.99. The fourth-order valence-electron chi connectivity index (χ4n) is 0.719. The zero-order valence-electron chi connectivity index (χ0n) is 8.77. The van der Waals surface area contributed by atoms with Gasteiger partial charge in [0.25, 0.3) is 0 Å². The van der Waals surface area contributed by atoms with Crippen LogP contribution < -0.4 is 4.72 Å². The molecule has 0 spiro atoms. The number of ether oxygens (including phenoxy) is 1. The number of nitrogens with zero attached hydrogens (tertiary/aromatic N) is 1. The Kier molecular flexibility index (Phi) is 6.96. The molecule has 5 nitrogen and oxygen atoms in total. The summed E-state index contributed by atoms with van der Waals surface area (Å²) in [5.74, 6) is 0. The van der Waals surface area contributed by atoms with E-state index in [2.05, 4.69) is 11.3 Å². The van der Waals surface area contributed by atoms with Crippen LogP contribution in [0.25, 0.3) is 0 Å². The first-order chi connectivity index (χ1) is 7.04. The molecule has 0 fully saturated rings. The van der Waals surface area contributed by atoms with Crippen LogP contribution in [-0.2, 0) is 14.8 Å². The van der Waals surface area contributed by atoms with E-state index in [1.165, 1.54) is 6.92 Å². The fourth-order valence-corrected chi connectivity index (χ4v) is 1.48. The van der Waals surface area contributed by atoms with Gasteiger partial charge in [-0.25, -0.2) is 13.1 Å².